The Balaban J connectivity index is 1.60. The van der Waals surface area contributed by atoms with Crippen molar-refractivity contribution in [1.82, 2.24) is 10.2 Å². The van der Waals surface area contributed by atoms with Crippen molar-refractivity contribution < 1.29 is 4.74 Å². The molecule has 0 radical (unpaired) electrons. The number of nitrogens with one attached hydrogen (secondary N) is 1. The normalized spacial score (nSPS) is 29.6. The number of ether oxygens (including phenoxy) is 1. The van der Waals surface area contributed by atoms with E-state index in [-0.39, 0.29) is 0 Å². The summed E-state index contributed by atoms with van der Waals surface area (Å²) in [5.74, 6) is 0.824. The molecule has 0 aromatic rings. The molecule has 0 saturated carbocycles. The molecule has 2 aliphatic rings. The van der Waals surface area contributed by atoms with Crippen LogP contribution in [0.25, 0.3) is 0 Å². The van der Waals surface area contributed by atoms with Gasteiger partial charge >= 0.3 is 0 Å². The molecule has 0 aromatic carbocycles. The van der Waals surface area contributed by atoms with Crippen LogP contribution in [0.2, 0.25) is 0 Å². The van der Waals surface area contributed by atoms with E-state index >= 15 is 0 Å². The second kappa shape index (κ2) is 6.72. The van der Waals surface area contributed by atoms with Crippen molar-refractivity contribution in [3.63, 3.8) is 0 Å². The van der Waals surface area contributed by atoms with Crippen molar-refractivity contribution in [1.29, 1.82) is 0 Å². The van der Waals surface area contributed by atoms with Crippen molar-refractivity contribution in [3.8, 4) is 0 Å². The molecule has 2 aliphatic heterocycles. The van der Waals surface area contributed by atoms with Crippen LogP contribution in [0.1, 0.15) is 39.0 Å². The molecule has 2 saturated heterocycles. The summed E-state index contributed by atoms with van der Waals surface area (Å²) in [5, 5.41) is 3.72. The van der Waals surface area contributed by atoms with E-state index in [1.807, 2.05) is 0 Å². The Morgan fingerprint density at radius 2 is 2.06 bits per heavy atom. The van der Waals surface area contributed by atoms with Gasteiger partial charge in [0, 0.05) is 25.3 Å². The predicted octanol–water partition coefficient (Wildman–Crippen LogP) is 1.88. The summed E-state index contributed by atoms with van der Waals surface area (Å²) < 4.78 is 5.42. The fourth-order valence-electron chi connectivity index (χ4n) is 3.20. The first-order chi connectivity index (χ1) is 8.27. The van der Waals surface area contributed by atoms with E-state index in [1.165, 1.54) is 45.2 Å². The summed E-state index contributed by atoms with van der Waals surface area (Å²) in [5.41, 5.74) is 0. The molecule has 3 nitrogen and oxygen atoms in total. The molecule has 0 bridgehead atoms. The van der Waals surface area contributed by atoms with E-state index in [0.29, 0.717) is 6.04 Å². The molecular weight excluding hydrogens is 212 g/mol. The first-order valence-electron chi connectivity index (χ1n) is 7.28. The number of hydrogen-bond acceptors (Lipinski definition) is 3. The van der Waals surface area contributed by atoms with E-state index in [1.54, 1.807) is 0 Å². The van der Waals surface area contributed by atoms with Gasteiger partial charge < -0.3 is 15.0 Å². The average molecular weight is 240 g/mol. The summed E-state index contributed by atoms with van der Waals surface area (Å²) in [6.07, 6.45) is 6.56. The number of rotatable bonds is 5. The minimum absolute atomic E-state index is 0.658. The summed E-state index contributed by atoms with van der Waals surface area (Å²) in [7, 11) is 2.26. The van der Waals surface area contributed by atoms with Gasteiger partial charge in [0.05, 0.1) is 0 Å². The molecule has 2 fully saturated rings. The zero-order valence-corrected chi connectivity index (χ0v) is 11.5. The zero-order chi connectivity index (χ0) is 12.1. The molecule has 17 heavy (non-hydrogen) atoms. The summed E-state index contributed by atoms with van der Waals surface area (Å²) in [6, 6.07) is 1.48. The number of hydrogen-bond donors (Lipinski definition) is 1. The van der Waals surface area contributed by atoms with Crippen LogP contribution < -0.4 is 5.32 Å². The van der Waals surface area contributed by atoms with Crippen molar-refractivity contribution >= 4 is 0 Å². The minimum atomic E-state index is 0.658. The Bertz CT molecular complexity index is 216. The van der Waals surface area contributed by atoms with Crippen LogP contribution in [0.4, 0.5) is 0 Å². The van der Waals surface area contributed by atoms with Gasteiger partial charge in [0.15, 0.2) is 0 Å². The molecule has 1 N–H and O–H groups in total. The van der Waals surface area contributed by atoms with E-state index in [9.17, 15) is 0 Å². The maximum Gasteiger partial charge on any atom is 0.0469 e. The van der Waals surface area contributed by atoms with Crippen molar-refractivity contribution in [2.45, 2.75) is 51.1 Å². The Labute approximate surface area is 106 Å². The van der Waals surface area contributed by atoms with E-state index < -0.39 is 0 Å². The zero-order valence-electron chi connectivity index (χ0n) is 11.5. The van der Waals surface area contributed by atoms with Crippen LogP contribution in [0, 0.1) is 5.92 Å². The highest BCUT2D eigenvalue weighted by Crippen LogP contribution is 2.20. The van der Waals surface area contributed by atoms with Crippen LogP contribution >= 0.6 is 0 Å². The van der Waals surface area contributed by atoms with Crippen LogP contribution in [-0.4, -0.2) is 50.3 Å². The summed E-state index contributed by atoms with van der Waals surface area (Å²) in [4.78, 5) is 2.51. The smallest absolute Gasteiger partial charge is 0.0469 e. The molecule has 0 spiro atoms. The molecule has 0 aliphatic carbocycles. The SMILES string of the molecule is CC(NCCC1CCCN1C)C1CCOCC1. The highest BCUT2D eigenvalue weighted by Gasteiger charge is 2.22. The van der Waals surface area contributed by atoms with Gasteiger partial charge in [-0.25, -0.2) is 0 Å². The van der Waals surface area contributed by atoms with Gasteiger partial charge in [0.2, 0.25) is 0 Å². The highest BCUT2D eigenvalue weighted by molar-refractivity contribution is 4.79. The van der Waals surface area contributed by atoms with Crippen molar-refractivity contribution in [2.24, 2.45) is 5.92 Å². The predicted molar refractivity (Wildman–Crippen MR) is 71.3 cm³/mol. The van der Waals surface area contributed by atoms with Gasteiger partial charge in [-0.1, -0.05) is 0 Å². The van der Waals surface area contributed by atoms with Gasteiger partial charge in [0.1, 0.15) is 0 Å². The van der Waals surface area contributed by atoms with Gasteiger partial charge in [-0.05, 0) is 65.1 Å². The lowest BCUT2D eigenvalue weighted by Gasteiger charge is -2.29. The van der Waals surface area contributed by atoms with Crippen LogP contribution in [0.5, 0.6) is 0 Å². The maximum absolute atomic E-state index is 5.42. The van der Waals surface area contributed by atoms with E-state index in [2.05, 4.69) is 24.2 Å². The van der Waals surface area contributed by atoms with Crippen LogP contribution in [0.15, 0.2) is 0 Å². The first-order valence-corrected chi connectivity index (χ1v) is 7.28. The molecule has 0 aromatic heterocycles. The Hall–Kier alpha value is -0.120. The lowest BCUT2D eigenvalue weighted by Crippen LogP contribution is -2.39. The molecular formula is C14H28N2O. The molecule has 2 heterocycles. The van der Waals surface area contributed by atoms with Crippen molar-refractivity contribution in [2.75, 3.05) is 33.4 Å². The van der Waals surface area contributed by atoms with Crippen LogP contribution in [-0.2, 0) is 4.74 Å². The molecule has 2 rings (SSSR count). The molecule has 100 valence electrons. The Morgan fingerprint density at radius 3 is 2.71 bits per heavy atom. The third-order valence-electron chi connectivity index (χ3n) is 4.59. The maximum atomic E-state index is 5.42. The monoisotopic (exact) mass is 240 g/mol. The molecule has 0 amide bonds. The quantitative estimate of drug-likeness (QED) is 0.794. The second-order valence-corrected chi connectivity index (χ2v) is 5.76. The Morgan fingerprint density at radius 1 is 1.29 bits per heavy atom. The lowest BCUT2D eigenvalue weighted by atomic mass is 9.93. The number of nitrogens with zero attached hydrogens (tertiary/aromatic N) is 1. The fourth-order valence-corrected chi connectivity index (χ4v) is 3.20. The fraction of sp³-hybridized carbons (Fsp3) is 1.00. The van der Waals surface area contributed by atoms with Gasteiger partial charge in [-0.3, -0.25) is 0 Å². The Kier molecular flexibility index (Phi) is 5.26. The first kappa shape index (κ1) is 13.3. The largest absolute Gasteiger partial charge is 0.381 e. The van der Waals surface area contributed by atoms with Gasteiger partial charge in [-0.2, -0.15) is 0 Å². The van der Waals surface area contributed by atoms with Gasteiger partial charge in [-0.15, -0.1) is 0 Å². The van der Waals surface area contributed by atoms with E-state index in [0.717, 1.165) is 25.2 Å². The molecule has 3 heteroatoms. The standard InChI is InChI=1S/C14H28N2O/c1-12(13-6-10-17-11-7-13)15-8-5-14-4-3-9-16(14)2/h12-15H,3-11H2,1-2H3. The third-order valence-corrected chi connectivity index (χ3v) is 4.59. The third kappa shape index (κ3) is 3.94. The second-order valence-electron chi connectivity index (χ2n) is 5.76. The average Bonchev–Trinajstić information content (AvgIpc) is 2.76. The topological polar surface area (TPSA) is 24.5 Å². The lowest BCUT2D eigenvalue weighted by molar-refractivity contribution is 0.0558. The molecule has 2 atom stereocenters. The minimum Gasteiger partial charge on any atom is -0.381 e. The van der Waals surface area contributed by atoms with E-state index in [4.69, 9.17) is 4.74 Å². The molecule has 2 unspecified atom stereocenters. The summed E-state index contributed by atoms with van der Waals surface area (Å²) >= 11 is 0. The van der Waals surface area contributed by atoms with Crippen molar-refractivity contribution in [3.05, 3.63) is 0 Å². The van der Waals surface area contributed by atoms with Crippen LogP contribution in [0.3, 0.4) is 0 Å². The summed E-state index contributed by atoms with van der Waals surface area (Å²) in [6.45, 7) is 6.73. The van der Waals surface area contributed by atoms with Gasteiger partial charge in [0.25, 0.3) is 0 Å². The number of likely N-dealkylation sites (tertiary alicyclic amines) is 1. The highest BCUT2D eigenvalue weighted by atomic mass is 16.5.